The average molecular weight is 371 g/mol. The minimum absolute atomic E-state index is 0.0767. The van der Waals surface area contributed by atoms with E-state index in [1.165, 1.54) is 10.6 Å². The van der Waals surface area contributed by atoms with Crippen molar-refractivity contribution in [3.05, 3.63) is 35.2 Å². The Bertz CT molecular complexity index is 816. The van der Waals surface area contributed by atoms with Crippen LogP contribution in [0.25, 0.3) is 11.5 Å². The molecule has 1 saturated heterocycles. The Balaban J connectivity index is 1.70. The van der Waals surface area contributed by atoms with Crippen molar-refractivity contribution in [2.75, 3.05) is 32.4 Å². The minimum Gasteiger partial charge on any atom is -0.419 e. The molecule has 24 heavy (non-hydrogen) atoms. The predicted molar refractivity (Wildman–Crippen MR) is 91.1 cm³/mol. The Hall–Kier alpha value is -1.48. The lowest BCUT2D eigenvalue weighted by atomic mass is 10.2. The molecule has 1 aliphatic rings. The van der Waals surface area contributed by atoms with E-state index in [1.807, 2.05) is 19.1 Å². The van der Waals surface area contributed by atoms with Crippen molar-refractivity contribution in [2.45, 2.75) is 13.0 Å². The van der Waals surface area contributed by atoms with Crippen LogP contribution in [0.1, 0.15) is 18.9 Å². The zero-order valence-electron chi connectivity index (χ0n) is 13.5. The fourth-order valence-electron chi connectivity index (χ4n) is 2.72. The average Bonchev–Trinajstić information content (AvgIpc) is 3.03. The van der Waals surface area contributed by atoms with Gasteiger partial charge in [0.05, 0.1) is 12.3 Å². The predicted octanol–water partition coefficient (Wildman–Crippen LogP) is 2.03. The zero-order chi connectivity index (χ0) is 17.3. The molecule has 7 nitrogen and oxygen atoms in total. The first-order valence-corrected chi connectivity index (χ1v) is 9.86. The second kappa shape index (κ2) is 6.79. The largest absolute Gasteiger partial charge is 0.419 e. The summed E-state index contributed by atoms with van der Waals surface area (Å²) in [6, 6.07) is 7.17. The van der Waals surface area contributed by atoms with Gasteiger partial charge in [-0.15, -0.1) is 10.2 Å². The summed E-state index contributed by atoms with van der Waals surface area (Å²) in [5.74, 6) is 0.937. The molecule has 1 aromatic heterocycles. The van der Waals surface area contributed by atoms with E-state index in [1.54, 1.807) is 12.1 Å². The van der Waals surface area contributed by atoms with Crippen molar-refractivity contribution < 1.29 is 12.8 Å². The summed E-state index contributed by atoms with van der Waals surface area (Å²) in [4.78, 5) is 2.14. The Morgan fingerprint density at radius 1 is 1.21 bits per heavy atom. The maximum absolute atomic E-state index is 11.6. The van der Waals surface area contributed by atoms with Crippen LogP contribution >= 0.6 is 11.6 Å². The van der Waals surface area contributed by atoms with Crippen LogP contribution < -0.4 is 0 Å². The van der Waals surface area contributed by atoms with Gasteiger partial charge in [-0.25, -0.2) is 8.42 Å². The van der Waals surface area contributed by atoms with E-state index in [2.05, 4.69) is 15.1 Å². The van der Waals surface area contributed by atoms with Gasteiger partial charge in [0.25, 0.3) is 0 Å². The number of halogens is 1. The van der Waals surface area contributed by atoms with Gasteiger partial charge in [0.15, 0.2) is 0 Å². The van der Waals surface area contributed by atoms with E-state index in [-0.39, 0.29) is 6.04 Å². The summed E-state index contributed by atoms with van der Waals surface area (Å²) >= 11 is 5.98. The first-order valence-electron chi connectivity index (χ1n) is 7.63. The van der Waals surface area contributed by atoms with Crippen LogP contribution in [0.3, 0.4) is 0 Å². The highest BCUT2D eigenvalue weighted by Gasteiger charge is 2.28. The fourth-order valence-corrected chi connectivity index (χ4v) is 3.74. The first kappa shape index (κ1) is 17.3. The molecule has 130 valence electrons. The minimum atomic E-state index is -3.13. The molecule has 0 saturated carbocycles. The van der Waals surface area contributed by atoms with Gasteiger partial charge in [-0.2, -0.15) is 4.31 Å². The van der Waals surface area contributed by atoms with Crippen molar-refractivity contribution in [3.63, 3.8) is 0 Å². The van der Waals surface area contributed by atoms with Crippen molar-refractivity contribution in [3.8, 4) is 11.5 Å². The summed E-state index contributed by atoms with van der Waals surface area (Å²) in [6.07, 6.45) is 1.24. The standard InChI is InChI=1S/C15H19ClN4O3S/c1-11(19-6-8-20(9-7-19)24(2,21)22)14-17-18-15(23-14)12-4-3-5-13(16)10-12/h3-5,10-11H,6-9H2,1-2H3. The lowest BCUT2D eigenvalue weighted by Gasteiger charge is -2.35. The third kappa shape index (κ3) is 3.77. The molecule has 0 bridgehead atoms. The second-order valence-corrected chi connectivity index (χ2v) is 8.25. The first-order chi connectivity index (χ1) is 11.3. The van der Waals surface area contributed by atoms with Gasteiger partial charge in [0.2, 0.25) is 21.8 Å². The van der Waals surface area contributed by atoms with Gasteiger partial charge in [-0.1, -0.05) is 17.7 Å². The quantitative estimate of drug-likeness (QED) is 0.819. The molecule has 3 rings (SSSR count). The molecule has 2 heterocycles. The molecular formula is C15H19ClN4O3S. The summed E-state index contributed by atoms with van der Waals surface area (Å²) < 4.78 is 30.4. The van der Waals surface area contributed by atoms with E-state index in [4.69, 9.17) is 16.0 Å². The molecule has 1 aliphatic heterocycles. The van der Waals surface area contributed by atoms with Crippen LogP contribution in [0.2, 0.25) is 5.02 Å². The number of nitrogens with zero attached hydrogens (tertiary/aromatic N) is 4. The highest BCUT2D eigenvalue weighted by atomic mass is 35.5. The molecular weight excluding hydrogens is 352 g/mol. The normalized spacial score (nSPS) is 18.6. The number of sulfonamides is 1. The molecule has 0 N–H and O–H groups in total. The highest BCUT2D eigenvalue weighted by molar-refractivity contribution is 7.88. The van der Waals surface area contributed by atoms with E-state index in [0.717, 1.165) is 5.56 Å². The van der Waals surface area contributed by atoms with Gasteiger partial charge in [0, 0.05) is 36.8 Å². The molecule has 0 aliphatic carbocycles. The van der Waals surface area contributed by atoms with E-state index >= 15 is 0 Å². The van der Waals surface area contributed by atoms with E-state index < -0.39 is 10.0 Å². The van der Waals surface area contributed by atoms with Gasteiger partial charge >= 0.3 is 0 Å². The van der Waals surface area contributed by atoms with Crippen molar-refractivity contribution >= 4 is 21.6 Å². The molecule has 0 amide bonds. The number of aromatic nitrogens is 2. The van der Waals surface area contributed by atoms with Crippen molar-refractivity contribution in [1.29, 1.82) is 0 Å². The lowest BCUT2D eigenvalue weighted by molar-refractivity contribution is 0.130. The number of piperazine rings is 1. The number of rotatable bonds is 4. The number of benzene rings is 1. The second-order valence-electron chi connectivity index (χ2n) is 5.83. The Labute approximate surface area is 146 Å². The SMILES string of the molecule is CC(c1nnc(-c2cccc(Cl)c2)o1)N1CCN(S(C)(=O)=O)CC1. The zero-order valence-corrected chi connectivity index (χ0v) is 15.1. The van der Waals surface area contributed by atoms with Crippen molar-refractivity contribution in [1.82, 2.24) is 19.4 Å². The van der Waals surface area contributed by atoms with Gasteiger partial charge in [0.1, 0.15) is 0 Å². The summed E-state index contributed by atoms with van der Waals surface area (Å²) in [5, 5.41) is 8.83. The smallest absolute Gasteiger partial charge is 0.247 e. The molecule has 0 radical (unpaired) electrons. The van der Waals surface area contributed by atoms with Crippen LogP contribution in [0.15, 0.2) is 28.7 Å². The molecule has 1 fully saturated rings. The topological polar surface area (TPSA) is 79.5 Å². The van der Waals surface area contributed by atoms with E-state index in [0.29, 0.717) is 43.0 Å². The fraction of sp³-hybridized carbons (Fsp3) is 0.467. The van der Waals surface area contributed by atoms with Crippen LogP contribution in [-0.4, -0.2) is 60.3 Å². The molecule has 1 atom stereocenters. The monoisotopic (exact) mass is 370 g/mol. The Kier molecular flexibility index (Phi) is 4.91. The summed E-state index contributed by atoms with van der Waals surface area (Å²) in [6.45, 7) is 4.18. The van der Waals surface area contributed by atoms with Crippen LogP contribution in [0.4, 0.5) is 0 Å². The number of hydrogen-bond acceptors (Lipinski definition) is 6. The van der Waals surface area contributed by atoms with Gasteiger partial charge in [-0.05, 0) is 25.1 Å². The summed E-state index contributed by atoms with van der Waals surface area (Å²) in [7, 11) is -3.13. The molecule has 9 heteroatoms. The van der Waals surface area contributed by atoms with E-state index in [9.17, 15) is 8.42 Å². The maximum Gasteiger partial charge on any atom is 0.247 e. The summed E-state index contributed by atoms with van der Waals surface area (Å²) in [5.41, 5.74) is 0.773. The van der Waals surface area contributed by atoms with Crippen LogP contribution in [-0.2, 0) is 10.0 Å². The molecule has 0 spiro atoms. The highest BCUT2D eigenvalue weighted by Crippen LogP contribution is 2.26. The van der Waals surface area contributed by atoms with Crippen molar-refractivity contribution in [2.24, 2.45) is 0 Å². The van der Waals surface area contributed by atoms with Gasteiger partial charge < -0.3 is 4.42 Å². The van der Waals surface area contributed by atoms with Gasteiger partial charge in [-0.3, -0.25) is 4.90 Å². The number of hydrogen-bond donors (Lipinski definition) is 0. The lowest BCUT2D eigenvalue weighted by Crippen LogP contribution is -2.48. The third-order valence-corrected chi connectivity index (χ3v) is 5.70. The van der Waals surface area contributed by atoms with Crippen LogP contribution in [0.5, 0.6) is 0 Å². The molecule has 1 aromatic carbocycles. The maximum atomic E-state index is 11.6. The Morgan fingerprint density at radius 3 is 2.54 bits per heavy atom. The molecule has 1 unspecified atom stereocenters. The Morgan fingerprint density at radius 2 is 1.92 bits per heavy atom. The van der Waals surface area contributed by atoms with Crippen LogP contribution in [0, 0.1) is 0 Å². The third-order valence-electron chi connectivity index (χ3n) is 4.16. The molecule has 2 aromatic rings.